The number of rotatable bonds is 8. The molecule has 0 aromatic carbocycles. The molecule has 0 heterocycles. The Labute approximate surface area is 124 Å². The monoisotopic (exact) mass is 283 g/mol. The van der Waals surface area contributed by atoms with E-state index in [4.69, 9.17) is 0 Å². The topological polar surface area (TPSA) is 35.6 Å². The molecule has 0 aromatic heterocycles. The second kappa shape index (κ2) is 9.22. The minimum Gasteiger partial charge on any atom is -0.338 e. The second-order valence-electron chi connectivity index (χ2n) is 6.81. The van der Waals surface area contributed by atoms with Crippen molar-refractivity contribution >= 4 is 6.03 Å². The van der Waals surface area contributed by atoms with E-state index in [1.807, 2.05) is 19.0 Å². The Hall–Kier alpha value is -0.770. The standard InChI is InChI=1S/C16H33N3O/c1-14(2)13-19(12-11-18(3)4)16(20)17-10-9-15-7-5-6-8-15/h14-15H,5-13H2,1-4H3,(H,17,20). The van der Waals surface area contributed by atoms with Crippen LogP contribution in [-0.2, 0) is 0 Å². The minimum atomic E-state index is 0.110. The molecule has 0 saturated heterocycles. The zero-order chi connectivity index (χ0) is 15.0. The van der Waals surface area contributed by atoms with Crippen LogP contribution < -0.4 is 5.32 Å². The fourth-order valence-corrected chi connectivity index (χ4v) is 2.83. The van der Waals surface area contributed by atoms with Gasteiger partial charge in [-0.15, -0.1) is 0 Å². The Morgan fingerprint density at radius 1 is 1.20 bits per heavy atom. The van der Waals surface area contributed by atoms with Crippen LogP contribution in [0.4, 0.5) is 4.79 Å². The summed E-state index contributed by atoms with van der Waals surface area (Å²) in [5.74, 6) is 1.35. The summed E-state index contributed by atoms with van der Waals surface area (Å²) in [6.07, 6.45) is 6.61. The van der Waals surface area contributed by atoms with Crippen molar-refractivity contribution in [2.24, 2.45) is 11.8 Å². The van der Waals surface area contributed by atoms with E-state index in [0.717, 1.165) is 38.5 Å². The van der Waals surface area contributed by atoms with E-state index in [-0.39, 0.29) is 6.03 Å². The van der Waals surface area contributed by atoms with Crippen molar-refractivity contribution in [3.63, 3.8) is 0 Å². The molecule has 0 radical (unpaired) electrons. The van der Waals surface area contributed by atoms with E-state index >= 15 is 0 Å². The number of hydrogen-bond acceptors (Lipinski definition) is 2. The summed E-state index contributed by atoms with van der Waals surface area (Å²) in [7, 11) is 4.09. The third-order valence-corrected chi connectivity index (χ3v) is 3.99. The summed E-state index contributed by atoms with van der Waals surface area (Å²) < 4.78 is 0. The van der Waals surface area contributed by atoms with Crippen molar-refractivity contribution in [1.29, 1.82) is 0 Å². The van der Waals surface area contributed by atoms with Gasteiger partial charge in [0.05, 0.1) is 0 Å². The molecule has 2 amide bonds. The average molecular weight is 283 g/mol. The van der Waals surface area contributed by atoms with E-state index < -0.39 is 0 Å². The number of carbonyl (C=O) groups excluding carboxylic acids is 1. The Morgan fingerprint density at radius 3 is 2.40 bits per heavy atom. The van der Waals surface area contributed by atoms with E-state index in [0.29, 0.717) is 5.92 Å². The van der Waals surface area contributed by atoms with Gasteiger partial charge in [-0.05, 0) is 32.4 Å². The predicted octanol–water partition coefficient (Wildman–Crippen LogP) is 2.80. The van der Waals surface area contributed by atoms with Crippen molar-refractivity contribution < 1.29 is 4.79 Å². The number of nitrogens with zero attached hydrogens (tertiary/aromatic N) is 2. The van der Waals surface area contributed by atoms with Gasteiger partial charge in [0.15, 0.2) is 0 Å². The van der Waals surface area contributed by atoms with Gasteiger partial charge < -0.3 is 15.1 Å². The highest BCUT2D eigenvalue weighted by Gasteiger charge is 2.17. The van der Waals surface area contributed by atoms with Crippen LogP contribution in [0.15, 0.2) is 0 Å². The van der Waals surface area contributed by atoms with Crippen LogP contribution in [0.1, 0.15) is 46.0 Å². The van der Waals surface area contributed by atoms with Gasteiger partial charge in [0, 0.05) is 26.2 Å². The van der Waals surface area contributed by atoms with Gasteiger partial charge in [0.25, 0.3) is 0 Å². The van der Waals surface area contributed by atoms with Crippen molar-refractivity contribution in [3.05, 3.63) is 0 Å². The molecule has 20 heavy (non-hydrogen) atoms. The molecule has 4 heteroatoms. The number of carbonyl (C=O) groups is 1. The zero-order valence-corrected chi connectivity index (χ0v) is 13.8. The third kappa shape index (κ3) is 7.13. The fraction of sp³-hybridized carbons (Fsp3) is 0.938. The first-order valence-corrected chi connectivity index (χ1v) is 8.16. The number of hydrogen-bond donors (Lipinski definition) is 1. The lowest BCUT2D eigenvalue weighted by molar-refractivity contribution is 0.183. The van der Waals surface area contributed by atoms with Crippen molar-refractivity contribution in [2.45, 2.75) is 46.0 Å². The second-order valence-corrected chi connectivity index (χ2v) is 6.81. The Morgan fingerprint density at radius 2 is 1.85 bits per heavy atom. The van der Waals surface area contributed by atoms with Crippen LogP contribution in [0.2, 0.25) is 0 Å². The average Bonchev–Trinajstić information content (AvgIpc) is 2.86. The molecule has 1 aliphatic carbocycles. The molecule has 0 aromatic rings. The summed E-state index contributed by atoms with van der Waals surface area (Å²) in [5, 5.41) is 3.11. The molecule has 0 atom stereocenters. The van der Waals surface area contributed by atoms with Gasteiger partial charge in [-0.3, -0.25) is 0 Å². The molecule has 1 saturated carbocycles. The highest BCUT2D eigenvalue weighted by Crippen LogP contribution is 2.26. The smallest absolute Gasteiger partial charge is 0.317 e. The molecular formula is C16H33N3O. The lowest BCUT2D eigenvalue weighted by Gasteiger charge is -2.26. The lowest BCUT2D eigenvalue weighted by atomic mass is 10.0. The van der Waals surface area contributed by atoms with Gasteiger partial charge in [0.1, 0.15) is 0 Å². The normalized spacial score (nSPS) is 16.1. The molecule has 0 bridgehead atoms. The van der Waals surface area contributed by atoms with Crippen molar-refractivity contribution in [2.75, 3.05) is 40.3 Å². The molecule has 4 nitrogen and oxygen atoms in total. The predicted molar refractivity (Wildman–Crippen MR) is 84.9 cm³/mol. The minimum absolute atomic E-state index is 0.110. The van der Waals surface area contributed by atoms with Gasteiger partial charge in [-0.1, -0.05) is 39.5 Å². The summed E-state index contributed by atoms with van der Waals surface area (Å²) in [6.45, 7) is 7.72. The zero-order valence-electron chi connectivity index (χ0n) is 13.8. The maximum Gasteiger partial charge on any atom is 0.317 e. The molecule has 0 unspecified atom stereocenters. The molecule has 1 fully saturated rings. The van der Waals surface area contributed by atoms with Crippen LogP contribution in [0.5, 0.6) is 0 Å². The van der Waals surface area contributed by atoms with E-state index in [2.05, 4.69) is 24.1 Å². The SMILES string of the molecule is CC(C)CN(CCN(C)C)C(=O)NCCC1CCCC1. The van der Waals surface area contributed by atoms with E-state index in [1.165, 1.54) is 25.7 Å². The Balaban J connectivity index is 2.29. The fourth-order valence-electron chi connectivity index (χ4n) is 2.83. The first-order valence-electron chi connectivity index (χ1n) is 8.16. The van der Waals surface area contributed by atoms with E-state index in [9.17, 15) is 4.79 Å². The molecule has 1 aliphatic rings. The van der Waals surface area contributed by atoms with Gasteiger partial charge in [0.2, 0.25) is 0 Å². The third-order valence-electron chi connectivity index (χ3n) is 3.99. The maximum absolute atomic E-state index is 12.3. The van der Waals surface area contributed by atoms with Crippen molar-refractivity contribution in [3.8, 4) is 0 Å². The number of amides is 2. The lowest BCUT2D eigenvalue weighted by Crippen LogP contribution is -2.45. The molecule has 0 spiro atoms. The number of nitrogens with one attached hydrogen (secondary N) is 1. The highest BCUT2D eigenvalue weighted by atomic mass is 16.2. The van der Waals surface area contributed by atoms with Crippen LogP contribution in [0.25, 0.3) is 0 Å². The van der Waals surface area contributed by atoms with Crippen molar-refractivity contribution in [1.82, 2.24) is 15.1 Å². The molecule has 118 valence electrons. The number of urea groups is 1. The largest absolute Gasteiger partial charge is 0.338 e. The van der Waals surface area contributed by atoms with Gasteiger partial charge in [-0.25, -0.2) is 4.79 Å². The highest BCUT2D eigenvalue weighted by molar-refractivity contribution is 5.74. The van der Waals surface area contributed by atoms with Gasteiger partial charge in [-0.2, -0.15) is 0 Å². The molecular weight excluding hydrogens is 250 g/mol. The van der Waals surface area contributed by atoms with Crippen LogP contribution in [0, 0.1) is 11.8 Å². The maximum atomic E-state index is 12.3. The molecule has 1 rings (SSSR count). The first-order chi connectivity index (χ1) is 9.49. The summed E-state index contributed by atoms with van der Waals surface area (Å²) >= 11 is 0. The first kappa shape index (κ1) is 17.3. The van der Waals surface area contributed by atoms with Crippen LogP contribution in [0.3, 0.4) is 0 Å². The Kier molecular flexibility index (Phi) is 7.97. The molecule has 0 aliphatic heterocycles. The Bertz CT molecular complexity index is 273. The van der Waals surface area contributed by atoms with Crippen LogP contribution in [-0.4, -0.2) is 56.1 Å². The van der Waals surface area contributed by atoms with E-state index in [1.54, 1.807) is 0 Å². The molecule has 1 N–H and O–H groups in total. The van der Waals surface area contributed by atoms with Gasteiger partial charge >= 0.3 is 6.03 Å². The summed E-state index contributed by atoms with van der Waals surface area (Å²) in [6, 6.07) is 0.110. The summed E-state index contributed by atoms with van der Waals surface area (Å²) in [5.41, 5.74) is 0. The number of likely N-dealkylation sites (N-methyl/N-ethyl adjacent to an activating group) is 1. The van der Waals surface area contributed by atoms with Crippen LogP contribution >= 0.6 is 0 Å². The summed E-state index contributed by atoms with van der Waals surface area (Å²) in [4.78, 5) is 16.3. The quantitative estimate of drug-likeness (QED) is 0.743.